The van der Waals surface area contributed by atoms with Crippen molar-refractivity contribution < 1.29 is 9.59 Å². The zero-order chi connectivity index (χ0) is 27.6. The van der Waals surface area contributed by atoms with Crippen LogP contribution in [0.1, 0.15) is 62.8 Å². The lowest BCUT2D eigenvalue weighted by Gasteiger charge is -2.36. The average Bonchev–Trinajstić information content (AvgIpc) is 3.38. The van der Waals surface area contributed by atoms with Crippen molar-refractivity contribution in [3.8, 4) is 0 Å². The second-order valence-corrected chi connectivity index (χ2v) is 11.8. The summed E-state index contributed by atoms with van der Waals surface area (Å²) in [7, 11) is 0. The van der Waals surface area contributed by atoms with Crippen molar-refractivity contribution in [2.24, 2.45) is 5.92 Å². The first kappa shape index (κ1) is 28.9. The molecule has 1 fully saturated rings. The van der Waals surface area contributed by atoms with E-state index in [4.69, 9.17) is 0 Å². The van der Waals surface area contributed by atoms with Gasteiger partial charge in [0.1, 0.15) is 6.54 Å². The fourth-order valence-corrected chi connectivity index (χ4v) is 5.55. The fourth-order valence-electron chi connectivity index (χ4n) is 5.29. The van der Waals surface area contributed by atoms with Crippen LogP contribution < -0.4 is 0 Å². The van der Waals surface area contributed by atoms with Gasteiger partial charge in [-0.15, -0.1) is 0 Å². The summed E-state index contributed by atoms with van der Waals surface area (Å²) in [4.78, 5) is 30.9. The minimum Gasteiger partial charge on any atom is -0.345 e. The molecule has 0 bridgehead atoms. The Morgan fingerprint density at radius 1 is 0.974 bits per heavy atom. The molecule has 0 saturated heterocycles. The predicted molar refractivity (Wildman–Crippen MR) is 162 cm³/mol. The quantitative estimate of drug-likeness (QED) is 0.223. The van der Waals surface area contributed by atoms with Crippen LogP contribution in [0.5, 0.6) is 0 Å². The summed E-state index contributed by atoms with van der Waals surface area (Å²) in [5.74, 6) is 0.168. The van der Waals surface area contributed by atoms with E-state index < -0.39 is 0 Å². The third kappa shape index (κ3) is 8.69. The van der Waals surface area contributed by atoms with Crippen molar-refractivity contribution in [3.63, 3.8) is 0 Å². The molecule has 4 rings (SSSR count). The summed E-state index contributed by atoms with van der Waals surface area (Å²) in [5.41, 5.74) is 3.30. The molecule has 1 saturated carbocycles. The van der Waals surface area contributed by atoms with E-state index in [9.17, 15) is 9.59 Å². The van der Waals surface area contributed by atoms with E-state index in [-0.39, 0.29) is 30.3 Å². The molecule has 1 heterocycles. The minimum absolute atomic E-state index is 0.0282. The summed E-state index contributed by atoms with van der Waals surface area (Å²) in [5, 5.41) is 0. The molecule has 1 aliphatic carbocycles. The highest BCUT2D eigenvalue weighted by molar-refractivity contribution is 9.10. The zero-order valence-corrected chi connectivity index (χ0v) is 24.7. The molecule has 0 spiro atoms. The summed E-state index contributed by atoms with van der Waals surface area (Å²) in [6.07, 6.45) is 11.1. The normalized spacial score (nSPS) is 14.2. The number of aromatic nitrogens is 1. The van der Waals surface area contributed by atoms with Crippen LogP contribution in [0.3, 0.4) is 0 Å². The van der Waals surface area contributed by atoms with Gasteiger partial charge in [-0.2, -0.15) is 0 Å². The van der Waals surface area contributed by atoms with Crippen molar-refractivity contribution in [2.75, 3.05) is 13.1 Å². The third-order valence-corrected chi connectivity index (χ3v) is 7.83. The molecule has 2 amide bonds. The molecule has 0 unspecified atom stereocenters. The van der Waals surface area contributed by atoms with Crippen LogP contribution in [0.25, 0.3) is 6.08 Å². The molecule has 2 aromatic carbocycles. The van der Waals surface area contributed by atoms with Crippen molar-refractivity contribution >= 4 is 33.8 Å². The maximum Gasteiger partial charge on any atom is 0.247 e. The van der Waals surface area contributed by atoms with E-state index in [1.54, 1.807) is 11.0 Å². The lowest BCUT2D eigenvalue weighted by Crippen LogP contribution is -2.48. The largest absolute Gasteiger partial charge is 0.345 e. The van der Waals surface area contributed by atoms with Gasteiger partial charge in [0.25, 0.3) is 0 Å². The van der Waals surface area contributed by atoms with E-state index >= 15 is 0 Å². The monoisotopic (exact) mass is 589 g/mol. The van der Waals surface area contributed by atoms with Gasteiger partial charge in [0, 0.05) is 41.6 Å². The van der Waals surface area contributed by atoms with E-state index in [1.807, 2.05) is 41.3 Å². The Morgan fingerprint density at radius 2 is 1.69 bits per heavy atom. The van der Waals surface area contributed by atoms with Crippen molar-refractivity contribution in [3.05, 3.63) is 100 Å². The van der Waals surface area contributed by atoms with E-state index in [0.717, 1.165) is 48.0 Å². The van der Waals surface area contributed by atoms with Crippen LogP contribution >= 0.6 is 15.9 Å². The summed E-state index contributed by atoms with van der Waals surface area (Å²) in [6, 6.07) is 22.5. The Morgan fingerprint density at radius 3 is 2.38 bits per heavy atom. The SMILES string of the molecule is CC(C)CN(CC(=O)N(Cc1cccn1Cc1ccc(Br)cc1)C1CCCCC1)C(=O)/C=C/c1ccccc1. The van der Waals surface area contributed by atoms with Crippen LogP contribution in [0.4, 0.5) is 0 Å². The lowest BCUT2D eigenvalue weighted by molar-refractivity contribution is -0.141. The molecule has 5 nitrogen and oxygen atoms in total. The van der Waals surface area contributed by atoms with Crippen LogP contribution in [-0.4, -0.2) is 45.3 Å². The fraction of sp³-hybridized carbons (Fsp3) is 0.394. The molecule has 0 atom stereocenters. The highest BCUT2D eigenvalue weighted by Crippen LogP contribution is 2.25. The van der Waals surface area contributed by atoms with Gasteiger partial charge in [0.2, 0.25) is 11.8 Å². The van der Waals surface area contributed by atoms with E-state index in [2.05, 4.69) is 76.9 Å². The molecule has 0 N–H and O–H groups in total. The average molecular weight is 591 g/mol. The standard InChI is InChI=1S/C33H40BrN3O2/c1-26(2)22-36(32(38)20-17-27-10-5-3-6-11-27)25-33(39)37(30-12-7-4-8-13-30)24-31-14-9-21-35(31)23-28-15-18-29(34)19-16-28/h3,5-6,9-11,14-21,26,30H,4,7-8,12-13,22-25H2,1-2H3/b20-17+. The van der Waals surface area contributed by atoms with E-state index in [1.165, 1.54) is 12.0 Å². The molecule has 1 aromatic heterocycles. The highest BCUT2D eigenvalue weighted by Gasteiger charge is 2.28. The van der Waals surface area contributed by atoms with Crippen LogP contribution in [0.2, 0.25) is 0 Å². The molecular weight excluding hydrogens is 550 g/mol. The van der Waals surface area contributed by atoms with Gasteiger partial charge < -0.3 is 14.4 Å². The van der Waals surface area contributed by atoms with Crippen molar-refractivity contribution in [1.82, 2.24) is 14.4 Å². The molecule has 6 heteroatoms. The second-order valence-electron chi connectivity index (χ2n) is 10.9. The molecule has 0 radical (unpaired) electrons. The van der Waals surface area contributed by atoms with Gasteiger partial charge in [-0.05, 0) is 60.2 Å². The first-order valence-electron chi connectivity index (χ1n) is 14.1. The molecule has 0 aliphatic heterocycles. The van der Waals surface area contributed by atoms with Crippen molar-refractivity contribution in [2.45, 2.75) is 65.1 Å². The maximum absolute atomic E-state index is 13.9. The van der Waals surface area contributed by atoms with Gasteiger partial charge in [0.15, 0.2) is 0 Å². The van der Waals surface area contributed by atoms with Gasteiger partial charge in [-0.25, -0.2) is 0 Å². The summed E-state index contributed by atoms with van der Waals surface area (Å²) in [6.45, 7) is 6.11. The number of hydrogen-bond donors (Lipinski definition) is 0. The Labute approximate surface area is 241 Å². The molecular formula is C33H40BrN3O2. The summed E-state index contributed by atoms with van der Waals surface area (Å²) < 4.78 is 3.29. The van der Waals surface area contributed by atoms with Gasteiger partial charge in [-0.1, -0.05) is 91.5 Å². The Kier molecular flexibility index (Phi) is 10.6. The smallest absolute Gasteiger partial charge is 0.247 e. The second kappa shape index (κ2) is 14.3. The molecule has 1 aliphatic rings. The lowest BCUT2D eigenvalue weighted by atomic mass is 9.94. The molecule has 39 heavy (non-hydrogen) atoms. The number of amides is 2. The van der Waals surface area contributed by atoms with Gasteiger partial charge in [0.05, 0.1) is 6.54 Å². The Hall–Kier alpha value is -3.12. The summed E-state index contributed by atoms with van der Waals surface area (Å²) >= 11 is 3.51. The van der Waals surface area contributed by atoms with Gasteiger partial charge in [-0.3, -0.25) is 9.59 Å². The molecule has 206 valence electrons. The van der Waals surface area contributed by atoms with E-state index in [0.29, 0.717) is 13.1 Å². The Bertz CT molecular complexity index is 1230. The first-order chi connectivity index (χ1) is 18.9. The van der Waals surface area contributed by atoms with Crippen LogP contribution in [-0.2, 0) is 22.7 Å². The predicted octanol–water partition coefficient (Wildman–Crippen LogP) is 7.16. The maximum atomic E-state index is 13.9. The Balaban J connectivity index is 1.51. The number of carbonyl (C=O) groups is 2. The van der Waals surface area contributed by atoms with Crippen LogP contribution in [0.15, 0.2) is 83.5 Å². The van der Waals surface area contributed by atoms with Gasteiger partial charge >= 0.3 is 0 Å². The third-order valence-electron chi connectivity index (χ3n) is 7.30. The van der Waals surface area contributed by atoms with Crippen molar-refractivity contribution in [1.29, 1.82) is 0 Å². The highest BCUT2D eigenvalue weighted by atomic mass is 79.9. The first-order valence-corrected chi connectivity index (χ1v) is 14.9. The number of nitrogens with zero attached hydrogens (tertiary/aromatic N) is 3. The topological polar surface area (TPSA) is 45.6 Å². The number of carbonyl (C=O) groups excluding carboxylic acids is 2. The van der Waals surface area contributed by atoms with Crippen LogP contribution in [0, 0.1) is 5.92 Å². The minimum atomic E-state index is -0.122. The number of hydrogen-bond acceptors (Lipinski definition) is 2. The number of rotatable bonds is 11. The zero-order valence-electron chi connectivity index (χ0n) is 23.1. The number of halogens is 1. The number of benzene rings is 2. The molecule has 3 aromatic rings.